The summed E-state index contributed by atoms with van der Waals surface area (Å²) >= 11 is 0. The van der Waals surface area contributed by atoms with E-state index in [-0.39, 0.29) is 0 Å². The van der Waals surface area contributed by atoms with Gasteiger partial charge in [0.25, 0.3) is 0 Å². The van der Waals surface area contributed by atoms with Crippen molar-refractivity contribution in [2.75, 3.05) is 0 Å². The number of aromatic nitrogens is 3. The minimum absolute atomic E-state index is 0.602. The van der Waals surface area contributed by atoms with Crippen LogP contribution in [-0.2, 0) is 0 Å². The summed E-state index contributed by atoms with van der Waals surface area (Å²) in [6, 6.07) is 56.9. The molecular weight excluding hydrogens is 599 g/mol. The Balaban J connectivity index is 1.25. The van der Waals surface area contributed by atoms with Crippen LogP contribution >= 0.6 is 0 Å². The molecule has 0 aliphatic heterocycles. The zero-order chi connectivity index (χ0) is 32.3. The Morgan fingerprint density at radius 3 is 1.78 bits per heavy atom. The molecule has 0 N–H and O–H groups in total. The number of para-hydroxylation sites is 1. The first kappa shape index (κ1) is 27.5. The Kier molecular flexibility index (Phi) is 6.15. The highest BCUT2D eigenvalue weighted by atomic mass is 16.3. The van der Waals surface area contributed by atoms with Crippen LogP contribution in [-0.4, -0.2) is 15.0 Å². The lowest BCUT2D eigenvalue weighted by molar-refractivity contribution is 0.669. The number of benzene rings is 8. The van der Waals surface area contributed by atoms with Crippen molar-refractivity contribution in [1.82, 2.24) is 15.0 Å². The van der Waals surface area contributed by atoms with Crippen molar-refractivity contribution in [3.8, 4) is 45.3 Å². The van der Waals surface area contributed by atoms with Gasteiger partial charge in [-0.15, -0.1) is 0 Å². The quantitative estimate of drug-likeness (QED) is 0.183. The summed E-state index contributed by atoms with van der Waals surface area (Å²) in [5, 5.41) is 9.40. The van der Waals surface area contributed by atoms with Crippen molar-refractivity contribution in [3.63, 3.8) is 0 Å². The highest BCUT2D eigenvalue weighted by molar-refractivity contribution is 6.23. The normalized spacial score (nSPS) is 11.7. The molecule has 0 atom stereocenters. The predicted molar refractivity (Wildman–Crippen MR) is 201 cm³/mol. The Morgan fingerprint density at radius 2 is 0.918 bits per heavy atom. The van der Waals surface area contributed by atoms with Crippen LogP contribution in [0.1, 0.15) is 0 Å². The molecule has 49 heavy (non-hydrogen) atoms. The van der Waals surface area contributed by atoms with Crippen LogP contribution in [0, 0.1) is 0 Å². The summed E-state index contributed by atoms with van der Waals surface area (Å²) in [5.74, 6) is 1.84. The van der Waals surface area contributed by atoms with Crippen LogP contribution in [0.25, 0.3) is 99.5 Å². The van der Waals surface area contributed by atoms with Gasteiger partial charge in [-0.2, -0.15) is 0 Å². The summed E-state index contributed by atoms with van der Waals surface area (Å²) in [6.45, 7) is 0. The zero-order valence-electron chi connectivity index (χ0n) is 26.3. The van der Waals surface area contributed by atoms with Crippen molar-refractivity contribution >= 4 is 54.3 Å². The second-order valence-corrected chi connectivity index (χ2v) is 12.3. The maximum Gasteiger partial charge on any atom is 0.164 e. The lowest BCUT2D eigenvalue weighted by Gasteiger charge is -2.16. The summed E-state index contributed by atoms with van der Waals surface area (Å²) in [5.41, 5.74) is 6.62. The van der Waals surface area contributed by atoms with Gasteiger partial charge in [0.05, 0.1) is 0 Å². The van der Waals surface area contributed by atoms with Gasteiger partial charge in [-0.25, -0.2) is 15.0 Å². The fourth-order valence-corrected chi connectivity index (χ4v) is 7.31. The van der Waals surface area contributed by atoms with Gasteiger partial charge in [0.1, 0.15) is 11.2 Å². The van der Waals surface area contributed by atoms with E-state index in [4.69, 9.17) is 19.4 Å². The Labute approximate surface area is 282 Å². The van der Waals surface area contributed by atoms with Gasteiger partial charge in [-0.3, -0.25) is 0 Å². The van der Waals surface area contributed by atoms with E-state index in [1.54, 1.807) is 0 Å². The van der Waals surface area contributed by atoms with Crippen LogP contribution in [0.3, 0.4) is 0 Å². The summed E-state index contributed by atoms with van der Waals surface area (Å²) in [4.78, 5) is 15.5. The molecule has 4 heteroatoms. The minimum Gasteiger partial charge on any atom is -0.456 e. The van der Waals surface area contributed by atoms with Gasteiger partial charge in [0.2, 0.25) is 0 Å². The molecular formula is C45H27N3O. The van der Waals surface area contributed by atoms with Crippen molar-refractivity contribution in [1.29, 1.82) is 0 Å². The average Bonchev–Trinajstić information content (AvgIpc) is 3.56. The van der Waals surface area contributed by atoms with E-state index in [0.29, 0.717) is 17.5 Å². The van der Waals surface area contributed by atoms with Crippen molar-refractivity contribution in [3.05, 3.63) is 164 Å². The van der Waals surface area contributed by atoms with Crippen LogP contribution in [0.4, 0.5) is 0 Å². The van der Waals surface area contributed by atoms with Crippen molar-refractivity contribution < 1.29 is 4.42 Å². The van der Waals surface area contributed by atoms with Crippen LogP contribution in [0.2, 0.25) is 0 Å². The standard InChI is InChI=1S/C45H27N3O/c1-2-14-29(15-3-1)43-46-44(48-45(47-43)37-22-12-24-40-42(37)36-21-10-11-23-39(36)49-40)35-20-9-7-18-33(35)38-27-30-26-25-28-13-4-5-16-31(28)41(30)34-19-8-6-17-32(34)38/h1-27H. The third-order valence-corrected chi connectivity index (χ3v) is 9.52. The second-order valence-electron chi connectivity index (χ2n) is 12.3. The molecule has 228 valence electrons. The summed E-state index contributed by atoms with van der Waals surface area (Å²) < 4.78 is 6.25. The van der Waals surface area contributed by atoms with Gasteiger partial charge in [-0.05, 0) is 61.6 Å². The number of nitrogens with zero attached hydrogens (tertiary/aromatic N) is 3. The fraction of sp³-hybridized carbons (Fsp3) is 0. The molecule has 0 fully saturated rings. The monoisotopic (exact) mass is 625 g/mol. The third-order valence-electron chi connectivity index (χ3n) is 9.52. The molecule has 0 aliphatic rings. The number of furan rings is 1. The van der Waals surface area contributed by atoms with Gasteiger partial charge in [0, 0.05) is 27.5 Å². The van der Waals surface area contributed by atoms with Gasteiger partial charge >= 0.3 is 0 Å². The molecule has 0 unspecified atom stereocenters. The molecule has 2 heterocycles. The van der Waals surface area contributed by atoms with Crippen molar-refractivity contribution in [2.45, 2.75) is 0 Å². The lowest BCUT2D eigenvalue weighted by Crippen LogP contribution is -2.01. The predicted octanol–water partition coefficient (Wildman–Crippen LogP) is 11.9. The van der Waals surface area contributed by atoms with E-state index in [1.807, 2.05) is 60.7 Å². The molecule has 0 amide bonds. The fourth-order valence-electron chi connectivity index (χ4n) is 7.31. The number of hydrogen-bond acceptors (Lipinski definition) is 4. The van der Waals surface area contributed by atoms with Crippen LogP contribution in [0.5, 0.6) is 0 Å². The number of hydrogen-bond donors (Lipinski definition) is 0. The molecule has 2 aromatic heterocycles. The van der Waals surface area contributed by atoms with Crippen LogP contribution < -0.4 is 0 Å². The Hall–Kier alpha value is -6.65. The van der Waals surface area contributed by atoms with Crippen LogP contribution in [0.15, 0.2) is 168 Å². The molecule has 0 saturated carbocycles. The highest BCUT2D eigenvalue weighted by Crippen LogP contribution is 2.42. The first-order chi connectivity index (χ1) is 24.3. The molecule has 8 aromatic carbocycles. The SMILES string of the molecule is c1ccc(-c2nc(-c3ccccc3-c3cc4ccc5ccccc5c4c4ccccc34)nc(-c3cccc4oc5ccccc5c34)n2)cc1. The van der Waals surface area contributed by atoms with Gasteiger partial charge in [-0.1, -0.05) is 146 Å². The van der Waals surface area contributed by atoms with E-state index in [0.717, 1.165) is 49.8 Å². The van der Waals surface area contributed by atoms with E-state index < -0.39 is 0 Å². The highest BCUT2D eigenvalue weighted by Gasteiger charge is 2.20. The number of rotatable bonds is 4. The Morgan fingerprint density at radius 1 is 0.327 bits per heavy atom. The zero-order valence-corrected chi connectivity index (χ0v) is 26.3. The summed E-state index contributed by atoms with van der Waals surface area (Å²) in [6.07, 6.45) is 0. The molecule has 10 rings (SSSR count). The lowest BCUT2D eigenvalue weighted by atomic mass is 9.89. The van der Waals surface area contributed by atoms with Gasteiger partial charge < -0.3 is 4.42 Å². The molecule has 10 aromatic rings. The second kappa shape index (κ2) is 11.0. The largest absolute Gasteiger partial charge is 0.456 e. The molecule has 0 aliphatic carbocycles. The first-order valence-electron chi connectivity index (χ1n) is 16.5. The van der Waals surface area contributed by atoms with E-state index in [9.17, 15) is 0 Å². The smallest absolute Gasteiger partial charge is 0.164 e. The van der Waals surface area contributed by atoms with E-state index in [1.165, 1.54) is 32.3 Å². The summed E-state index contributed by atoms with van der Waals surface area (Å²) in [7, 11) is 0. The van der Waals surface area contributed by atoms with Gasteiger partial charge in [0.15, 0.2) is 17.5 Å². The van der Waals surface area contributed by atoms with E-state index >= 15 is 0 Å². The number of fused-ring (bicyclic) bond motifs is 8. The van der Waals surface area contributed by atoms with E-state index in [2.05, 4.69) is 103 Å². The molecule has 0 saturated heterocycles. The topological polar surface area (TPSA) is 51.8 Å². The maximum absolute atomic E-state index is 6.25. The third kappa shape index (κ3) is 4.42. The first-order valence-corrected chi connectivity index (χ1v) is 16.5. The average molecular weight is 626 g/mol. The van der Waals surface area contributed by atoms with Crippen molar-refractivity contribution in [2.24, 2.45) is 0 Å². The Bertz CT molecular complexity index is 2890. The molecule has 0 radical (unpaired) electrons. The molecule has 0 bridgehead atoms. The maximum atomic E-state index is 6.25. The molecule has 0 spiro atoms. The minimum atomic E-state index is 0.602. The molecule has 4 nitrogen and oxygen atoms in total.